The van der Waals surface area contributed by atoms with Crippen LogP contribution in [0, 0.1) is 0 Å². The average molecular weight is 540 g/mol. The number of hydrogen-bond donors (Lipinski definition) is 1. The molecular formula is C22H33IN6O2. The summed E-state index contributed by atoms with van der Waals surface area (Å²) >= 11 is 0. The standard InChI is InChI=1S/C22H32N6O2.HI/c1-4-27(5-2)21(29)19-8-6-18(7-9-19)16-24-22(23-3)28-13-11-26(12-14-28)17-20-10-15-30-25-20;/h6-10,15H,4-5,11-14,16-17H2,1-3H3,(H,23,24);1H. The highest BCUT2D eigenvalue weighted by atomic mass is 127. The molecule has 0 saturated carbocycles. The van der Waals surface area contributed by atoms with E-state index in [4.69, 9.17) is 4.52 Å². The van der Waals surface area contributed by atoms with Crippen LogP contribution in [0.1, 0.15) is 35.5 Å². The number of amides is 1. The van der Waals surface area contributed by atoms with Crippen LogP contribution >= 0.6 is 24.0 Å². The van der Waals surface area contributed by atoms with Gasteiger partial charge in [-0.3, -0.25) is 14.7 Å². The normalized spacial score (nSPS) is 14.8. The molecule has 31 heavy (non-hydrogen) atoms. The van der Waals surface area contributed by atoms with Crippen molar-refractivity contribution in [3.8, 4) is 0 Å². The van der Waals surface area contributed by atoms with E-state index in [0.29, 0.717) is 6.54 Å². The Bertz CT molecular complexity index is 813. The van der Waals surface area contributed by atoms with Gasteiger partial charge in [0.05, 0.1) is 5.69 Å². The van der Waals surface area contributed by atoms with E-state index in [9.17, 15) is 4.79 Å². The first-order valence-electron chi connectivity index (χ1n) is 10.6. The predicted octanol–water partition coefficient (Wildman–Crippen LogP) is 2.67. The Balaban J connectivity index is 0.00000341. The summed E-state index contributed by atoms with van der Waals surface area (Å²) in [6.45, 7) is 10.7. The number of rotatable bonds is 7. The number of nitrogens with one attached hydrogen (secondary N) is 1. The van der Waals surface area contributed by atoms with Crippen LogP contribution in [0.3, 0.4) is 0 Å². The molecule has 1 aliphatic heterocycles. The second-order valence-corrected chi connectivity index (χ2v) is 7.33. The second kappa shape index (κ2) is 12.7. The van der Waals surface area contributed by atoms with Gasteiger partial charge < -0.3 is 19.6 Å². The molecule has 1 N–H and O–H groups in total. The molecule has 0 bridgehead atoms. The highest BCUT2D eigenvalue weighted by molar-refractivity contribution is 14.0. The van der Waals surface area contributed by atoms with Gasteiger partial charge in [-0.25, -0.2) is 0 Å². The third kappa shape index (κ3) is 6.93. The number of aromatic nitrogens is 1. The van der Waals surface area contributed by atoms with Gasteiger partial charge in [0.25, 0.3) is 5.91 Å². The molecular weight excluding hydrogens is 507 g/mol. The lowest BCUT2D eigenvalue weighted by Crippen LogP contribution is -2.52. The van der Waals surface area contributed by atoms with Crippen LogP contribution < -0.4 is 5.32 Å². The van der Waals surface area contributed by atoms with Crippen LogP contribution in [0.25, 0.3) is 0 Å². The minimum Gasteiger partial charge on any atom is -0.364 e. The molecule has 9 heteroatoms. The van der Waals surface area contributed by atoms with Crippen LogP contribution in [0.5, 0.6) is 0 Å². The molecule has 1 aromatic heterocycles. The summed E-state index contributed by atoms with van der Waals surface area (Å²) in [6.07, 6.45) is 1.61. The monoisotopic (exact) mass is 540 g/mol. The van der Waals surface area contributed by atoms with Crippen molar-refractivity contribution >= 4 is 35.8 Å². The highest BCUT2D eigenvalue weighted by Gasteiger charge is 2.20. The summed E-state index contributed by atoms with van der Waals surface area (Å²) in [4.78, 5) is 23.4. The zero-order valence-corrected chi connectivity index (χ0v) is 20.9. The molecule has 0 atom stereocenters. The largest absolute Gasteiger partial charge is 0.364 e. The highest BCUT2D eigenvalue weighted by Crippen LogP contribution is 2.10. The fraction of sp³-hybridized carbons (Fsp3) is 0.500. The fourth-order valence-corrected chi connectivity index (χ4v) is 3.64. The molecule has 2 aromatic rings. The van der Waals surface area contributed by atoms with Crippen molar-refractivity contribution in [2.75, 3.05) is 46.3 Å². The summed E-state index contributed by atoms with van der Waals surface area (Å²) in [7, 11) is 1.82. The predicted molar refractivity (Wildman–Crippen MR) is 133 cm³/mol. The van der Waals surface area contributed by atoms with Gasteiger partial charge in [-0.1, -0.05) is 17.3 Å². The summed E-state index contributed by atoms with van der Waals surface area (Å²) in [5.41, 5.74) is 2.82. The van der Waals surface area contributed by atoms with E-state index in [1.165, 1.54) is 0 Å². The first-order chi connectivity index (χ1) is 14.6. The van der Waals surface area contributed by atoms with Crippen molar-refractivity contribution in [3.63, 3.8) is 0 Å². The molecule has 1 fully saturated rings. The molecule has 0 radical (unpaired) electrons. The third-order valence-corrected chi connectivity index (χ3v) is 5.46. The molecule has 1 aliphatic rings. The van der Waals surface area contributed by atoms with Crippen molar-refractivity contribution in [1.29, 1.82) is 0 Å². The Kier molecular flexibility index (Phi) is 10.3. The van der Waals surface area contributed by atoms with Crippen LogP contribution in [0.15, 0.2) is 46.1 Å². The molecule has 1 aromatic carbocycles. The smallest absolute Gasteiger partial charge is 0.253 e. The second-order valence-electron chi connectivity index (χ2n) is 7.33. The van der Waals surface area contributed by atoms with Gasteiger partial charge in [0.15, 0.2) is 5.96 Å². The Hall–Kier alpha value is -2.14. The number of hydrogen-bond acceptors (Lipinski definition) is 5. The Morgan fingerprint density at radius 2 is 1.81 bits per heavy atom. The number of aliphatic imine (C=N–C) groups is 1. The van der Waals surface area contributed by atoms with Gasteiger partial charge in [0.2, 0.25) is 0 Å². The van der Waals surface area contributed by atoms with Crippen LogP contribution in [-0.2, 0) is 13.1 Å². The number of benzene rings is 1. The molecule has 1 amide bonds. The quantitative estimate of drug-likeness (QED) is 0.331. The van der Waals surface area contributed by atoms with Gasteiger partial charge in [-0.05, 0) is 31.5 Å². The number of piperazine rings is 1. The van der Waals surface area contributed by atoms with Crippen LogP contribution in [0.2, 0.25) is 0 Å². The minimum atomic E-state index is 0. The number of carbonyl (C=O) groups is 1. The Morgan fingerprint density at radius 1 is 1.13 bits per heavy atom. The fourth-order valence-electron chi connectivity index (χ4n) is 3.64. The van der Waals surface area contributed by atoms with Crippen molar-refractivity contribution in [2.24, 2.45) is 4.99 Å². The van der Waals surface area contributed by atoms with E-state index in [1.807, 2.05) is 56.1 Å². The number of nitrogens with zero attached hydrogens (tertiary/aromatic N) is 5. The summed E-state index contributed by atoms with van der Waals surface area (Å²) in [6, 6.07) is 9.74. The van der Waals surface area contributed by atoms with E-state index in [-0.39, 0.29) is 29.9 Å². The van der Waals surface area contributed by atoms with Crippen molar-refractivity contribution in [2.45, 2.75) is 26.9 Å². The van der Waals surface area contributed by atoms with Crippen molar-refractivity contribution in [1.82, 2.24) is 25.2 Å². The zero-order valence-electron chi connectivity index (χ0n) is 18.6. The van der Waals surface area contributed by atoms with E-state index in [1.54, 1.807) is 6.26 Å². The minimum absolute atomic E-state index is 0. The molecule has 1 saturated heterocycles. The molecule has 8 nitrogen and oxygen atoms in total. The van der Waals surface area contributed by atoms with Gasteiger partial charge >= 0.3 is 0 Å². The van der Waals surface area contributed by atoms with Crippen molar-refractivity contribution < 1.29 is 9.32 Å². The maximum absolute atomic E-state index is 12.4. The lowest BCUT2D eigenvalue weighted by atomic mass is 10.1. The molecule has 0 aliphatic carbocycles. The lowest BCUT2D eigenvalue weighted by Gasteiger charge is -2.36. The molecule has 0 unspecified atom stereocenters. The van der Waals surface area contributed by atoms with E-state index in [0.717, 1.165) is 68.6 Å². The van der Waals surface area contributed by atoms with Gasteiger partial charge in [-0.15, -0.1) is 24.0 Å². The Labute approximate surface area is 201 Å². The number of halogens is 1. The van der Waals surface area contributed by atoms with E-state index >= 15 is 0 Å². The molecule has 3 rings (SSSR count). The summed E-state index contributed by atoms with van der Waals surface area (Å²) < 4.78 is 4.91. The van der Waals surface area contributed by atoms with Gasteiger partial charge in [0, 0.05) is 71.0 Å². The van der Waals surface area contributed by atoms with E-state index in [2.05, 4.69) is 25.3 Å². The molecule has 0 spiro atoms. The lowest BCUT2D eigenvalue weighted by molar-refractivity contribution is 0.0773. The first-order valence-corrected chi connectivity index (χ1v) is 10.6. The number of carbonyl (C=O) groups excluding carboxylic acids is 1. The maximum atomic E-state index is 12.4. The zero-order chi connectivity index (χ0) is 21.3. The van der Waals surface area contributed by atoms with E-state index < -0.39 is 0 Å². The van der Waals surface area contributed by atoms with Gasteiger partial charge in [-0.2, -0.15) is 0 Å². The summed E-state index contributed by atoms with van der Waals surface area (Å²) in [5, 5.41) is 7.43. The maximum Gasteiger partial charge on any atom is 0.253 e. The van der Waals surface area contributed by atoms with Crippen LogP contribution in [-0.4, -0.2) is 78.0 Å². The number of guanidine groups is 1. The van der Waals surface area contributed by atoms with Gasteiger partial charge in [0.1, 0.15) is 6.26 Å². The first kappa shape index (κ1) is 25.1. The average Bonchev–Trinajstić information content (AvgIpc) is 3.29. The third-order valence-electron chi connectivity index (χ3n) is 5.46. The topological polar surface area (TPSA) is 77.2 Å². The molecule has 170 valence electrons. The van der Waals surface area contributed by atoms with Crippen LogP contribution in [0.4, 0.5) is 0 Å². The summed E-state index contributed by atoms with van der Waals surface area (Å²) in [5.74, 6) is 0.984. The molecule has 2 heterocycles. The Morgan fingerprint density at radius 3 is 2.35 bits per heavy atom. The van der Waals surface area contributed by atoms with Crippen molar-refractivity contribution in [3.05, 3.63) is 53.4 Å². The SMILES string of the molecule is CCN(CC)C(=O)c1ccc(CNC(=NC)N2CCN(Cc3ccon3)CC2)cc1.I.